The second-order valence-corrected chi connectivity index (χ2v) is 3.43. The maximum atomic E-state index is 11.0. The first-order chi connectivity index (χ1) is 7.72. The highest BCUT2D eigenvalue weighted by atomic mass is 16.4. The third-order valence-electron chi connectivity index (χ3n) is 2.42. The van der Waals surface area contributed by atoms with Gasteiger partial charge in [0.25, 0.3) is 0 Å². The maximum absolute atomic E-state index is 11.0. The first-order valence-corrected chi connectivity index (χ1v) is 5.03. The molecule has 2 aromatic rings. The van der Waals surface area contributed by atoms with Crippen molar-refractivity contribution in [1.82, 2.24) is 15.0 Å². The Morgan fingerprint density at radius 2 is 2.12 bits per heavy atom. The SMILES string of the molecule is CCC(C(=O)O)c1ccc2nccnc2n1. The molecule has 1 unspecified atom stereocenters. The van der Waals surface area contributed by atoms with Crippen molar-refractivity contribution in [2.45, 2.75) is 19.3 Å². The normalized spacial score (nSPS) is 12.6. The predicted molar refractivity (Wildman–Crippen MR) is 58.0 cm³/mol. The van der Waals surface area contributed by atoms with Gasteiger partial charge in [-0.2, -0.15) is 0 Å². The van der Waals surface area contributed by atoms with E-state index in [0.717, 1.165) is 0 Å². The van der Waals surface area contributed by atoms with E-state index in [2.05, 4.69) is 15.0 Å². The Morgan fingerprint density at radius 1 is 1.38 bits per heavy atom. The van der Waals surface area contributed by atoms with Crippen LogP contribution in [-0.4, -0.2) is 26.0 Å². The summed E-state index contributed by atoms with van der Waals surface area (Å²) < 4.78 is 0. The van der Waals surface area contributed by atoms with Gasteiger partial charge in [0.05, 0.1) is 11.6 Å². The van der Waals surface area contributed by atoms with Gasteiger partial charge in [-0.3, -0.25) is 9.78 Å². The van der Waals surface area contributed by atoms with Crippen LogP contribution in [-0.2, 0) is 4.79 Å². The van der Waals surface area contributed by atoms with E-state index in [1.807, 2.05) is 6.92 Å². The van der Waals surface area contributed by atoms with Gasteiger partial charge in [0.1, 0.15) is 5.52 Å². The first kappa shape index (κ1) is 10.5. The fraction of sp³-hybridized carbons (Fsp3) is 0.273. The van der Waals surface area contributed by atoms with Crippen molar-refractivity contribution in [2.75, 3.05) is 0 Å². The van der Waals surface area contributed by atoms with Gasteiger partial charge in [0, 0.05) is 12.4 Å². The molecule has 2 aromatic heterocycles. The Bertz CT molecular complexity index is 527. The third kappa shape index (κ3) is 1.84. The number of rotatable bonds is 3. The molecule has 5 nitrogen and oxygen atoms in total. The molecule has 0 radical (unpaired) electrons. The van der Waals surface area contributed by atoms with Crippen molar-refractivity contribution in [1.29, 1.82) is 0 Å². The molecular formula is C11H11N3O2. The highest BCUT2D eigenvalue weighted by Crippen LogP contribution is 2.19. The molecular weight excluding hydrogens is 206 g/mol. The number of nitrogens with zero attached hydrogens (tertiary/aromatic N) is 3. The van der Waals surface area contributed by atoms with Crippen LogP contribution >= 0.6 is 0 Å². The Balaban J connectivity index is 2.49. The minimum absolute atomic E-state index is 0.486. The van der Waals surface area contributed by atoms with Gasteiger partial charge >= 0.3 is 5.97 Å². The largest absolute Gasteiger partial charge is 0.481 e. The summed E-state index contributed by atoms with van der Waals surface area (Å²) in [5.41, 5.74) is 1.69. The van der Waals surface area contributed by atoms with Gasteiger partial charge < -0.3 is 5.11 Å². The van der Waals surface area contributed by atoms with Crippen LogP contribution in [0.1, 0.15) is 25.0 Å². The lowest BCUT2D eigenvalue weighted by Gasteiger charge is -2.08. The molecule has 2 rings (SSSR count). The summed E-state index contributed by atoms with van der Waals surface area (Å²) >= 11 is 0. The monoisotopic (exact) mass is 217 g/mol. The lowest BCUT2D eigenvalue weighted by atomic mass is 10.0. The van der Waals surface area contributed by atoms with Crippen LogP contribution in [0, 0.1) is 0 Å². The zero-order chi connectivity index (χ0) is 11.5. The molecule has 0 bridgehead atoms. The molecule has 0 fully saturated rings. The third-order valence-corrected chi connectivity index (χ3v) is 2.42. The van der Waals surface area contributed by atoms with Crippen LogP contribution < -0.4 is 0 Å². The molecule has 0 aliphatic carbocycles. The number of hydrogen-bond acceptors (Lipinski definition) is 4. The lowest BCUT2D eigenvalue weighted by molar-refractivity contribution is -0.138. The minimum Gasteiger partial charge on any atom is -0.481 e. The van der Waals surface area contributed by atoms with Crippen LogP contribution in [0.3, 0.4) is 0 Å². The lowest BCUT2D eigenvalue weighted by Crippen LogP contribution is -2.12. The number of aromatic nitrogens is 3. The van der Waals surface area contributed by atoms with Gasteiger partial charge in [-0.1, -0.05) is 6.92 Å². The standard InChI is InChI=1S/C11H11N3O2/c1-2-7(11(15)16)8-3-4-9-10(14-8)13-6-5-12-9/h3-7H,2H2,1H3,(H,15,16). The zero-order valence-electron chi connectivity index (χ0n) is 8.79. The molecule has 0 aromatic carbocycles. The van der Waals surface area contributed by atoms with E-state index in [4.69, 9.17) is 5.11 Å². The van der Waals surface area contributed by atoms with E-state index in [0.29, 0.717) is 23.3 Å². The number of carbonyl (C=O) groups is 1. The number of carboxylic acid groups (broad SMARTS) is 1. The van der Waals surface area contributed by atoms with Crippen molar-refractivity contribution >= 4 is 17.1 Å². The summed E-state index contributed by atoms with van der Waals surface area (Å²) in [4.78, 5) is 23.3. The number of aliphatic carboxylic acids is 1. The molecule has 1 N–H and O–H groups in total. The predicted octanol–water partition coefficient (Wildman–Crippen LogP) is 1.60. The molecule has 0 saturated heterocycles. The minimum atomic E-state index is -0.863. The molecule has 1 atom stereocenters. The smallest absolute Gasteiger partial charge is 0.312 e. The molecule has 16 heavy (non-hydrogen) atoms. The Kier molecular flexibility index (Phi) is 2.76. The van der Waals surface area contributed by atoms with E-state index in [9.17, 15) is 4.79 Å². The molecule has 5 heteroatoms. The van der Waals surface area contributed by atoms with Gasteiger partial charge in [0.2, 0.25) is 0 Å². The van der Waals surface area contributed by atoms with Crippen molar-refractivity contribution in [3.05, 3.63) is 30.2 Å². The maximum Gasteiger partial charge on any atom is 0.312 e. The van der Waals surface area contributed by atoms with Gasteiger partial charge in [-0.25, -0.2) is 9.97 Å². The Morgan fingerprint density at radius 3 is 2.81 bits per heavy atom. The van der Waals surface area contributed by atoms with Crippen molar-refractivity contribution in [3.63, 3.8) is 0 Å². The second kappa shape index (κ2) is 4.22. The van der Waals surface area contributed by atoms with Gasteiger partial charge in [-0.15, -0.1) is 0 Å². The zero-order valence-corrected chi connectivity index (χ0v) is 8.79. The summed E-state index contributed by atoms with van der Waals surface area (Å²) in [6.07, 6.45) is 3.63. The topological polar surface area (TPSA) is 76.0 Å². The highest BCUT2D eigenvalue weighted by molar-refractivity contribution is 5.77. The number of hydrogen-bond donors (Lipinski definition) is 1. The molecule has 0 amide bonds. The van der Waals surface area contributed by atoms with E-state index in [1.54, 1.807) is 24.5 Å². The Hall–Kier alpha value is -2.04. The number of carboxylic acids is 1. The molecule has 0 spiro atoms. The van der Waals surface area contributed by atoms with Crippen LogP contribution in [0.15, 0.2) is 24.5 Å². The number of pyridine rings is 1. The van der Waals surface area contributed by atoms with Crippen molar-refractivity contribution < 1.29 is 9.90 Å². The summed E-state index contributed by atoms with van der Waals surface area (Å²) in [6.45, 7) is 1.82. The van der Waals surface area contributed by atoms with Gasteiger partial charge in [0.15, 0.2) is 5.65 Å². The summed E-state index contributed by atoms with van der Waals surface area (Å²) in [7, 11) is 0. The van der Waals surface area contributed by atoms with Gasteiger partial charge in [-0.05, 0) is 18.6 Å². The van der Waals surface area contributed by atoms with Crippen LogP contribution in [0.5, 0.6) is 0 Å². The van der Waals surface area contributed by atoms with Crippen molar-refractivity contribution in [3.8, 4) is 0 Å². The molecule has 82 valence electrons. The average molecular weight is 217 g/mol. The van der Waals surface area contributed by atoms with E-state index in [1.165, 1.54) is 0 Å². The summed E-state index contributed by atoms with van der Waals surface area (Å²) in [5, 5.41) is 9.02. The van der Waals surface area contributed by atoms with E-state index >= 15 is 0 Å². The van der Waals surface area contributed by atoms with E-state index < -0.39 is 11.9 Å². The Labute approximate surface area is 92.2 Å². The van der Waals surface area contributed by atoms with Crippen LogP contribution in [0.2, 0.25) is 0 Å². The molecule has 0 saturated carbocycles. The van der Waals surface area contributed by atoms with Crippen LogP contribution in [0.4, 0.5) is 0 Å². The second-order valence-electron chi connectivity index (χ2n) is 3.43. The quantitative estimate of drug-likeness (QED) is 0.845. The highest BCUT2D eigenvalue weighted by Gasteiger charge is 2.19. The fourth-order valence-corrected chi connectivity index (χ4v) is 1.57. The van der Waals surface area contributed by atoms with E-state index in [-0.39, 0.29) is 0 Å². The molecule has 0 aliphatic rings. The average Bonchev–Trinajstić information content (AvgIpc) is 2.29. The molecule has 0 aliphatic heterocycles. The van der Waals surface area contributed by atoms with Crippen molar-refractivity contribution in [2.24, 2.45) is 0 Å². The number of fused-ring (bicyclic) bond motifs is 1. The first-order valence-electron chi connectivity index (χ1n) is 5.03. The fourth-order valence-electron chi connectivity index (χ4n) is 1.57. The van der Waals surface area contributed by atoms with Crippen LogP contribution in [0.25, 0.3) is 11.2 Å². The summed E-state index contributed by atoms with van der Waals surface area (Å²) in [6, 6.07) is 3.44. The summed E-state index contributed by atoms with van der Waals surface area (Å²) in [5.74, 6) is -1.44. The molecule has 2 heterocycles.